The van der Waals surface area contributed by atoms with Crippen LogP contribution < -0.4 is 4.74 Å². The van der Waals surface area contributed by atoms with Crippen molar-refractivity contribution in [3.8, 4) is 11.4 Å². The summed E-state index contributed by atoms with van der Waals surface area (Å²) in [6, 6.07) is 18.1. The minimum absolute atomic E-state index is 0.0425. The molecule has 0 aliphatic carbocycles. The highest BCUT2D eigenvalue weighted by Gasteiger charge is 2.26. The molecule has 1 fully saturated rings. The summed E-state index contributed by atoms with van der Waals surface area (Å²) in [5.74, 6) is 1.14. The Kier molecular flexibility index (Phi) is 7.47. The smallest absolute Gasteiger partial charge is 0.289 e. The average Bonchev–Trinajstić information content (AvgIpc) is 3.52. The van der Waals surface area contributed by atoms with Crippen LogP contribution in [-0.4, -0.2) is 56.6 Å². The molecule has 1 aliphatic rings. The van der Waals surface area contributed by atoms with E-state index in [-0.39, 0.29) is 24.0 Å². The van der Waals surface area contributed by atoms with Crippen LogP contribution >= 0.6 is 0 Å². The number of carbonyl (C=O) groups excluding carboxylic acids is 1. The second kappa shape index (κ2) is 11.1. The van der Waals surface area contributed by atoms with Crippen LogP contribution in [0.3, 0.4) is 0 Å². The van der Waals surface area contributed by atoms with Crippen LogP contribution in [0.15, 0.2) is 65.1 Å². The number of piperazine rings is 1. The van der Waals surface area contributed by atoms with Gasteiger partial charge in [-0.25, -0.2) is 4.68 Å². The molecule has 4 aromatic rings. The number of hydrogen-bond donors (Lipinski definition) is 0. The van der Waals surface area contributed by atoms with Crippen molar-refractivity contribution in [3.63, 3.8) is 0 Å². The van der Waals surface area contributed by atoms with E-state index < -0.39 is 4.92 Å². The van der Waals surface area contributed by atoms with E-state index in [9.17, 15) is 14.9 Å². The Morgan fingerprint density at radius 2 is 1.77 bits per heavy atom. The first-order chi connectivity index (χ1) is 18.8. The highest BCUT2D eigenvalue weighted by atomic mass is 16.6. The van der Waals surface area contributed by atoms with Gasteiger partial charge in [-0.1, -0.05) is 18.2 Å². The maximum Gasteiger partial charge on any atom is 0.289 e. The molecule has 1 saturated heterocycles. The van der Waals surface area contributed by atoms with Crippen LogP contribution in [0, 0.1) is 30.9 Å². The van der Waals surface area contributed by atoms with E-state index in [1.54, 1.807) is 31.2 Å². The monoisotopic (exact) mass is 529 g/mol. The summed E-state index contributed by atoms with van der Waals surface area (Å²) in [6.07, 6.45) is 0. The minimum Gasteiger partial charge on any atom is -0.486 e. The van der Waals surface area contributed by atoms with Crippen LogP contribution in [0.5, 0.6) is 5.75 Å². The molecular formula is C29H31N5O5. The molecule has 39 heavy (non-hydrogen) atoms. The van der Waals surface area contributed by atoms with E-state index in [2.05, 4.69) is 24.0 Å². The summed E-state index contributed by atoms with van der Waals surface area (Å²) >= 11 is 0. The standard InChI is InChI=1S/C29H31N5O5/c1-20-17-24(9-11-27(20)34(36)37)38-19-25-10-12-28(39-25)29(35)32-15-13-31(14-16-32)18-26-21(2)30-33(22(26)3)23-7-5-4-6-8-23/h4-12,17H,13-16,18-19H2,1-3H3. The van der Waals surface area contributed by atoms with Gasteiger partial charge < -0.3 is 14.1 Å². The largest absolute Gasteiger partial charge is 0.486 e. The number of para-hydroxylation sites is 1. The normalized spacial score (nSPS) is 14.0. The molecule has 10 heteroatoms. The topological polar surface area (TPSA) is 107 Å². The third-order valence-corrected chi connectivity index (χ3v) is 7.10. The Morgan fingerprint density at radius 1 is 1.03 bits per heavy atom. The first kappa shape index (κ1) is 26.2. The Hall–Kier alpha value is -4.44. The van der Waals surface area contributed by atoms with E-state index in [4.69, 9.17) is 14.3 Å². The number of carbonyl (C=O) groups is 1. The lowest BCUT2D eigenvalue weighted by molar-refractivity contribution is -0.385. The number of hydrogen-bond acceptors (Lipinski definition) is 7. The molecule has 2 aromatic carbocycles. The van der Waals surface area contributed by atoms with Gasteiger partial charge in [0.05, 0.1) is 16.3 Å². The zero-order valence-electron chi connectivity index (χ0n) is 22.3. The van der Waals surface area contributed by atoms with Crippen LogP contribution in [0.25, 0.3) is 5.69 Å². The molecule has 0 radical (unpaired) electrons. The van der Waals surface area contributed by atoms with Gasteiger partial charge in [-0.05, 0) is 57.2 Å². The molecule has 0 saturated carbocycles. The second-order valence-corrected chi connectivity index (χ2v) is 9.73. The third kappa shape index (κ3) is 5.70. The van der Waals surface area contributed by atoms with Gasteiger partial charge >= 0.3 is 0 Å². The Morgan fingerprint density at radius 3 is 2.46 bits per heavy atom. The predicted octanol–water partition coefficient (Wildman–Crippen LogP) is 4.84. The molecule has 10 nitrogen and oxygen atoms in total. The Bertz CT molecular complexity index is 1490. The van der Waals surface area contributed by atoms with Crippen LogP contribution in [0.1, 0.15) is 38.8 Å². The number of amides is 1. The lowest BCUT2D eigenvalue weighted by Gasteiger charge is -2.34. The summed E-state index contributed by atoms with van der Waals surface area (Å²) in [6.45, 7) is 9.45. The molecule has 202 valence electrons. The lowest BCUT2D eigenvalue weighted by Crippen LogP contribution is -2.48. The molecule has 1 aliphatic heterocycles. The number of aromatic nitrogens is 2. The second-order valence-electron chi connectivity index (χ2n) is 9.73. The van der Waals surface area contributed by atoms with E-state index in [1.165, 1.54) is 11.6 Å². The number of ether oxygens (including phenoxy) is 1. The number of aryl methyl sites for hydroxylation is 2. The fourth-order valence-electron chi connectivity index (χ4n) is 4.86. The molecule has 0 spiro atoms. The maximum atomic E-state index is 13.1. The highest BCUT2D eigenvalue weighted by molar-refractivity contribution is 5.91. The first-order valence-corrected chi connectivity index (χ1v) is 12.9. The van der Waals surface area contributed by atoms with E-state index >= 15 is 0 Å². The molecule has 0 N–H and O–H groups in total. The van der Waals surface area contributed by atoms with Gasteiger partial charge in [0.15, 0.2) is 5.76 Å². The predicted molar refractivity (Wildman–Crippen MR) is 145 cm³/mol. The van der Waals surface area contributed by atoms with Crippen molar-refractivity contribution in [2.75, 3.05) is 26.2 Å². The number of furan rings is 1. The number of benzene rings is 2. The zero-order chi connectivity index (χ0) is 27.5. The third-order valence-electron chi connectivity index (χ3n) is 7.10. The lowest BCUT2D eigenvalue weighted by atomic mass is 10.1. The molecule has 0 atom stereocenters. The van der Waals surface area contributed by atoms with Gasteiger partial charge in [-0.2, -0.15) is 5.10 Å². The van der Waals surface area contributed by atoms with Crippen LogP contribution in [0.2, 0.25) is 0 Å². The van der Waals surface area contributed by atoms with Crippen molar-refractivity contribution in [2.45, 2.75) is 33.9 Å². The van der Waals surface area contributed by atoms with E-state index in [0.717, 1.165) is 36.7 Å². The number of nitrogens with zero attached hydrogens (tertiary/aromatic N) is 5. The van der Waals surface area contributed by atoms with E-state index in [1.807, 2.05) is 34.7 Å². The maximum absolute atomic E-state index is 13.1. The molecule has 5 rings (SSSR count). The van der Waals surface area contributed by atoms with Crippen molar-refractivity contribution in [3.05, 3.63) is 105 Å². The molecule has 3 heterocycles. The zero-order valence-corrected chi connectivity index (χ0v) is 22.3. The molecule has 2 aromatic heterocycles. The Balaban J connectivity index is 1.14. The van der Waals surface area contributed by atoms with Crippen molar-refractivity contribution in [1.29, 1.82) is 0 Å². The minimum atomic E-state index is -0.425. The van der Waals surface area contributed by atoms with Crippen LogP contribution in [0.4, 0.5) is 5.69 Å². The van der Waals surface area contributed by atoms with Crippen LogP contribution in [-0.2, 0) is 13.2 Å². The fourth-order valence-corrected chi connectivity index (χ4v) is 4.86. The first-order valence-electron chi connectivity index (χ1n) is 12.9. The van der Waals surface area contributed by atoms with Gasteiger partial charge in [0.1, 0.15) is 18.1 Å². The van der Waals surface area contributed by atoms with Crippen molar-refractivity contribution in [1.82, 2.24) is 19.6 Å². The van der Waals surface area contributed by atoms with Gasteiger partial charge in [0, 0.05) is 55.6 Å². The summed E-state index contributed by atoms with van der Waals surface area (Å²) in [7, 11) is 0. The number of rotatable bonds is 8. The summed E-state index contributed by atoms with van der Waals surface area (Å²) in [5.41, 5.74) is 4.97. The SMILES string of the molecule is Cc1cc(OCc2ccc(C(=O)N3CCN(Cc4c(C)nn(-c5ccccc5)c4C)CC3)o2)ccc1[N+](=O)[O-]. The van der Waals surface area contributed by atoms with Crippen molar-refractivity contribution >= 4 is 11.6 Å². The molecule has 0 unspecified atom stereocenters. The van der Waals surface area contributed by atoms with Gasteiger partial charge in [0.25, 0.3) is 11.6 Å². The van der Waals surface area contributed by atoms with E-state index in [0.29, 0.717) is 30.2 Å². The van der Waals surface area contributed by atoms with Crippen molar-refractivity contribution < 1.29 is 18.9 Å². The Labute approximate surface area is 226 Å². The fraction of sp³-hybridized carbons (Fsp3) is 0.310. The summed E-state index contributed by atoms with van der Waals surface area (Å²) < 4.78 is 13.5. The van der Waals surface area contributed by atoms with Gasteiger partial charge in [-0.3, -0.25) is 19.8 Å². The summed E-state index contributed by atoms with van der Waals surface area (Å²) in [5, 5.41) is 15.8. The average molecular weight is 530 g/mol. The van der Waals surface area contributed by atoms with Gasteiger partial charge in [-0.15, -0.1) is 0 Å². The quantitative estimate of drug-likeness (QED) is 0.238. The molecule has 1 amide bonds. The molecular weight excluding hydrogens is 498 g/mol. The van der Waals surface area contributed by atoms with Crippen molar-refractivity contribution in [2.24, 2.45) is 0 Å². The molecule has 0 bridgehead atoms. The number of nitro benzene ring substituents is 1. The number of nitro groups is 1. The highest BCUT2D eigenvalue weighted by Crippen LogP contribution is 2.24. The summed E-state index contributed by atoms with van der Waals surface area (Å²) in [4.78, 5) is 27.8. The van der Waals surface area contributed by atoms with Gasteiger partial charge in [0.2, 0.25) is 0 Å².